The number of piperazine rings is 1. The van der Waals surface area contributed by atoms with Crippen LogP contribution in [0.5, 0.6) is 0 Å². The van der Waals surface area contributed by atoms with Crippen LogP contribution in [-0.2, 0) is 9.84 Å². The Bertz CT molecular complexity index is 1000. The summed E-state index contributed by atoms with van der Waals surface area (Å²) in [6, 6.07) is 10.1. The number of nitrogens with one attached hydrogen (secondary N) is 1. The fraction of sp³-hybridized carbons (Fsp3) is 0.350. The molecule has 1 aliphatic rings. The maximum Gasteiger partial charge on any atom is 0.255 e. The Morgan fingerprint density at radius 2 is 1.75 bits per heavy atom. The van der Waals surface area contributed by atoms with E-state index >= 15 is 0 Å². The molecular weight excluding hydrogens is 398 g/mol. The molecule has 6 nitrogen and oxygen atoms in total. The van der Waals surface area contributed by atoms with Crippen LogP contribution in [-0.4, -0.2) is 58.7 Å². The number of benzene rings is 2. The minimum atomic E-state index is -3.51. The standard InChI is InChI=1S/C20H24ClN3O3S/c1-14-12-16(5-7-18(14)24-10-8-23(2)9-11-24)22-20(25)15-4-6-17(21)19(13-15)28(3,26)27/h4-7,12-13H,8-11H2,1-3H3,(H,22,25). The van der Waals surface area contributed by atoms with Crippen LogP contribution in [0.1, 0.15) is 15.9 Å². The Labute approximate surface area is 171 Å². The molecule has 0 saturated carbocycles. The lowest BCUT2D eigenvalue weighted by molar-refractivity contribution is 0.102. The second-order valence-electron chi connectivity index (χ2n) is 7.16. The van der Waals surface area contributed by atoms with Gasteiger partial charge in [0.05, 0.1) is 9.92 Å². The van der Waals surface area contributed by atoms with Crippen molar-refractivity contribution in [2.75, 3.05) is 49.7 Å². The molecule has 1 amide bonds. The maximum atomic E-state index is 12.6. The number of nitrogens with zero attached hydrogens (tertiary/aromatic N) is 2. The van der Waals surface area contributed by atoms with Crippen LogP contribution in [0, 0.1) is 6.92 Å². The Balaban J connectivity index is 1.77. The molecular formula is C20H24ClN3O3S. The number of carbonyl (C=O) groups is 1. The lowest BCUT2D eigenvalue weighted by Gasteiger charge is -2.35. The number of carbonyl (C=O) groups excluding carboxylic acids is 1. The second-order valence-corrected chi connectivity index (χ2v) is 9.55. The van der Waals surface area contributed by atoms with Gasteiger partial charge < -0.3 is 15.1 Å². The summed E-state index contributed by atoms with van der Waals surface area (Å²) in [5.41, 5.74) is 3.15. The summed E-state index contributed by atoms with van der Waals surface area (Å²) >= 11 is 5.95. The number of aryl methyl sites for hydroxylation is 1. The van der Waals surface area contributed by atoms with Crippen LogP contribution in [0.3, 0.4) is 0 Å². The van der Waals surface area contributed by atoms with Crippen molar-refractivity contribution in [3.05, 3.63) is 52.5 Å². The van der Waals surface area contributed by atoms with Crippen molar-refractivity contribution in [1.29, 1.82) is 0 Å². The predicted molar refractivity (Wildman–Crippen MR) is 113 cm³/mol. The molecule has 1 N–H and O–H groups in total. The third kappa shape index (κ3) is 4.66. The number of rotatable bonds is 4. The Kier molecular flexibility index (Phi) is 5.98. The Morgan fingerprint density at radius 3 is 2.36 bits per heavy atom. The van der Waals surface area contributed by atoms with Crippen LogP contribution >= 0.6 is 11.6 Å². The number of hydrogen-bond acceptors (Lipinski definition) is 5. The lowest BCUT2D eigenvalue weighted by Crippen LogP contribution is -2.44. The van der Waals surface area contributed by atoms with Gasteiger partial charge in [0.25, 0.3) is 5.91 Å². The van der Waals surface area contributed by atoms with E-state index in [2.05, 4.69) is 22.2 Å². The van der Waals surface area contributed by atoms with E-state index in [1.165, 1.54) is 18.2 Å². The van der Waals surface area contributed by atoms with Crippen molar-refractivity contribution >= 4 is 38.7 Å². The molecule has 150 valence electrons. The van der Waals surface area contributed by atoms with Crippen molar-refractivity contribution < 1.29 is 13.2 Å². The summed E-state index contributed by atoms with van der Waals surface area (Å²) < 4.78 is 23.6. The van der Waals surface area contributed by atoms with Gasteiger partial charge in [-0.15, -0.1) is 0 Å². The smallest absolute Gasteiger partial charge is 0.255 e. The first-order chi connectivity index (χ1) is 13.1. The van der Waals surface area contributed by atoms with Crippen molar-refractivity contribution in [1.82, 2.24) is 4.90 Å². The topological polar surface area (TPSA) is 69.7 Å². The molecule has 0 radical (unpaired) electrons. The van der Waals surface area contributed by atoms with E-state index < -0.39 is 9.84 Å². The maximum absolute atomic E-state index is 12.6. The van der Waals surface area contributed by atoms with Crippen molar-refractivity contribution in [2.24, 2.45) is 0 Å². The van der Waals surface area contributed by atoms with Gasteiger partial charge in [-0.2, -0.15) is 0 Å². The highest BCUT2D eigenvalue weighted by atomic mass is 35.5. The minimum Gasteiger partial charge on any atom is -0.369 e. The average molecular weight is 422 g/mol. The summed E-state index contributed by atoms with van der Waals surface area (Å²) in [7, 11) is -1.39. The first-order valence-corrected chi connectivity index (χ1v) is 11.3. The molecule has 0 unspecified atom stereocenters. The monoisotopic (exact) mass is 421 g/mol. The zero-order valence-corrected chi connectivity index (χ0v) is 17.8. The fourth-order valence-electron chi connectivity index (χ4n) is 3.27. The van der Waals surface area contributed by atoms with Crippen LogP contribution in [0.15, 0.2) is 41.3 Å². The van der Waals surface area contributed by atoms with Gasteiger partial charge >= 0.3 is 0 Å². The molecule has 0 aliphatic carbocycles. The highest BCUT2D eigenvalue weighted by Crippen LogP contribution is 2.26. The molecule has 2 aromatic rings. The Hall–Kier alpha value is -2.09. The summed E-state index contributed by atoms with van der Waals surface area (Å²) in [5, 5.41) is 2.93. The van der Waals surface area contributed by atoms with Crippen LogP contribution in [0.25, 0.3) is 0 Å². The van der Waals surface area contributed by atoms with E-state index in [0.29, 0.717) is 5.69 Å². The van der Waals surface area contributed by atoms with Crippen molar-refractivity contribution in [2.45, 2.75) is 11.8 Å². The number of halogens is 1. The molecule has 1 heterocycles. The number of hydrogen-bond donors (Lipinski definition) is 1. The molecule has 3 rings (SSSR count). The minimum absolute atomic E-state index is 0.0524. The first-order valence-electron chi connectivity index (χ1n) is 9.00. The Morgan fingerprint density at radius 1 is 1.07 bits per heavy atom. The average Bonchev–Trinajstić information content (AvgIpc) is 2.62. The molecule has 8 heteroatoms. The predicted octanol–water partition coefficient (Wildman–Crippen LogP) is 3.06. The highest BCUT2D eigenvalue weighted by molar-refractivity contribution is 7.90. The SMILES string of the molecule is Cc1cc(NC(=O)c2ccc(Cl)c(S(C)(=O)=O)c2)ccc1N1CCN(C)CC1. The molecule has 0 spiro atoms. The number of amides is 1. The van der Waals surface area contributed by atoms with Crippen molar-refractivity contribution in [3.63, 3.8) is 0 Å². The van der Waals surface area contributed by atoms with E-state index in [9.17, 15) is 13.2 Å². The number of anilines is 2. The van der Waals surface area contributed by atoms with Gasteiger partial charge in [-0.25, -0.2) is 8.42 Å². The number of sulfone groups is 1. The normalized spacial score (nSPS) is 15.5. The molecule has 0 atom stereocenters. The molecule has 1 saturated heterocycles. The van der Waals surface area contributed by atoms with Gasteiger partial charge in [0.2, 0.25) is 0 Å². The summed E-state index contributed by atoms with van der Waals surface area (Å²) in [6.07, 6.45) is 1.07. The van der Waals surface area contributed by atoms with E-state index in [-0.39, 0.29) is 21.4 Å². The highest BCUT2D eigenvalue weighted by Gasteiger charge is 2.18. The summed E-state index contributed by atoms with van der Waals surface area (Å²) in [4.78, 5) is 17.2. The quantitative estimate of drug-likeness (QED) is 0.821. The second kappa shape index (κ2) is 8.11. The van der Waals surface area contributed by atoms with Crippen LogP contribution < -0.4 is 10.2 Å². The zero-order chi connectivity index (χ0) is 20.5. The lowest BCUT2D eigenvalue weighted by atomic mass is 10.1. The van der Waals surface area contributed by atoms with Gasteiger partial charge in [0, 0.05) is 49.4 Å². The molecule has 0 bridgehead atoms. The van der Waals surface area contributed by atoms with Gasteiger partial charge in [-0.3, -0.25) is 4.79 Å². The largest absolute Gasteiger partial charge is 0.369 e. The van der Waals surface area contributed by atoms with Gasteiger partial charge in [-0.05, 0) is 55.9 Å². The molecule has 1 fully saturated rings. The molecule has 28 heavy (non-hydrogen) atoms. The van der Waals surface area contributed by atoms with Crippen LogP contribution in [0.2, 0.25) is 5.02 Å². The third-order valence-corrected chi connectivity index (χ3v) is 6.47. The van der Waals surface area contributed by atoms with E-state index in [4.69, 9.17) is 11.6 Å². The first kappa shape index (κ1) is 20.6. The van der Waals surface area contributed by atoms with E-state index in [0.717, 1.165) is 43.7 Å². The fourth-order valence-corrected chi connectivity index (χ4v) is 4.57. The van der Waals surface area contributed by atoms with Crippen molar-refractivity contribution in [3.8, 4) is 0 Å². The van der Waals surface area contributed by atoms with Gasteiger partial charge in [-0.1, -0.05) is 11.6 Å². The van der Waals surface area contributed by atoms with Gasteiger partial charge in [0.1, 0.15) is 0 Å². The molecule has 2 aromatic carbocycles. The van der Waals surface area contributed by atoms with E-state index in [1.54, 1.807) is 0 Å². The molecule has 1 aliphatic heterocycles. The molecule has 0 aromatic heterocycles. The summed E-state index contributed by atoms with van der Waals surface area (Å²) in [5.74, 6) is -0.381. The number of likely N-dealkylation sites (N-methyl/N-ethyl adjacent to an activating group) is 1. The van der Waals surface area contributed by atoms with Gasteiger partial charge in [0.15, 0.2) is 9.84 Å². The third-order valence-electron chi connectivity index (χ3n) is 4.89. The summed E-state index contributed by atoms with van der Waals surface area (Å²) in [6.45, 7) is 6.02. The van der Waals surface area contributed by atoms with E-state index in [1.807, 2.05) is 25.1 Å². The van der Waals surface area contributed by atoms with Crippen LogP contribution in [0.4, 0.5) is 11.4 Å². The zero-order valence-electron chi connectivity index (χ0n) is 16.2.